The fourth-order valence-corrected chi connectivity index (χ4v) is 1.73. The summed E-state index contributed by atoms with van der Waals surface area (Å²) in [7, 11) is 0. The van der Waals surface area contributed by atoms with Crippen LogP contribution in [0.4, 0.5) is 4.39 Å². The summed E-state index contributed by atoms with van der Waals surface area (Å²) in [5.41, 5.74) is 0.276. The maximum atomic E-state index is 13.2. The van der Waals surface area contributed by atoms with E-state index in [9.17, 15) is 9.18 Å². The van der Waals surface area contributed by atoms with Crippen molar-refractivity contribution >= 4 is 29.1 Å². The second kappa shape index (κ2) is 2.82. The average Bonchev–Trinajstić information content (AvgIpc) is 2.44. The average molecular weight is 221 g/mol. The van der Waals surface area contributed by atoms with Crippen molar-refractivity contribution in [3.05, 3.63) is 27.3 Å². The molecule has 1 aliphatic rings. The molecule has 68 valence electrons. The summed E-state index contributed by atoms with van der Waals surface area (Å²) in [6, 6.07) is 0. The number of halogens is 3. The molecule has 6 heteroatoms. The highest BCUT2D eigenvalue weighted by Crippen LogP contribution is 2.28. The Morgan fingerprint density at radius 1 is 1.38 bits per heavy atom. The Morgan fingerprint density at radius 3 is 2.77 bits per heavy atom. The van der Waals surface area contributed by atoms with Gasteiger partial charge in [0.05, 0.1) is 5.56 Å². The molecule has 2 heterocycles. The molecular weight excluding hydrogens is 218 g/mol. The quantitative estimate of drug-likeness (QED) is 0.678. The van der Waals surface area contributed by atoms with Gasteiger partial charge in [-0.15, -0.1) is 0 Å². The Hall–Kier alpha value is -0.870. The number of amides is 1. The van der Waals surface area contributed by atoms with Crippen LogP contribution in [0, 0.1) is 5.82 Å². The van der Waals surface area contributed by atoms with Gasteiger partial charge in [0.25, 0.3) is 5.91 Å². The van der Waals surface area contributed by atoms with Crippen LogP contribution in [0.5, 0.6) is 0 Å². The number of nitrogens with zero attached hydrogens (tertiary/aromatic N) is 1. The zero-order chi connectivity index (χ0) is 9.59. The molecule has 13 heavy (non-hydrogen) atoms. The monoisotopic (exact) mass is 220 g/mol. The molecule has 3 nitrogen and oxygen atoms in total. The second-order valence-electron chi connectivity index (χ2n) is 2.54. The van der Waals surface area contributed by atoms with Gasteiger partial charge in [-0.3, -0.25) is 4.79 Å². The van der Waals surface area contributed by atoms with E-state index in [1.165, 1.54) is 0 Å². The van der Waals surface area contributed by atoms with E-state index in [0.29, 0.717) is 0 Å². The minimum atomic E-state index is -0.681. The number of nitrogens with one attached hydrogen (secondary N) is 1. The number of pyridine rings is 1. The minimum Gasteiger partial charge on any atom is -0.348 e. The van der Waals surface area contributed by atoms with Crippen LogP contribution in [0.2, 0.25) is 10.3 Å². The summed E-state index contributed by atoms with van der Waals surface area (Å²) in [6.07, 6.45) is 0. The van der Waals surface area contributed by atoms with Crippen LogP contribution in [0.1, 0.15) is 15.9 Å². The lowest BCUT2D eigenvalue weighted by Crippen LogP contribution is -2.12. The van der Waals surface area contributed by atoms with Crippen LogP contribution in [0.25, 0.3) is 0 Å². The van der Waals surface area contributed by atoms with Crippen molar-refractivity contribution in [1.29, 1.82) is 0 Å². The van der Waals surface area contributed by atoms with Crippen LogP contribution in [0.3, 0.4) is 0 Å². The van der Waals surface area contributed by atoms with Crippen LogP contribution in [-0.2, 0) is 6.54 Å². The highest BCUT2D eigenvalue weighted by atomic mass is 35.5. The Bertz CT molecular complexity index is 408. The molecule has 0 saturated heterocycles. The van der Waals surface area contributed by atoms with Crippen molar-refractivity contribution in [3.8, 4) is 0 Å². The molecule has 1 aliphatic heterocycles. The number of hydrogen-bond acceptors (Lipinski definition) is 2. The molecule has 0 aliphatic carbocycles. The van der Waals surface area contributed by atoms with E-state index in [-0.39, 0.29) is 28.0 Å². The molecule has 1 amide bonds. The molecule has 1 aromatic rings. The number of rotatable bonds is 0. The zero-order valence-electron chi connectivity index (χ0n) is 6.20. The molecule has 0 unspecified atom stereocenters. The molecule has 2 rings (SSSR count). The molecule has 1 N–H and O–H groups in total. The summed E-state index contributed by atoms with van der Waals surface area (Å²) in [5, 5.41) is 2.07. The Morgan fingerprint density at radius 2 is 2.08 bits per heavy atom. The lowest BCUT2D eigenvalue weighted by atomic mass is 10.2. The molecule has 0 bridgehead atoms. The Balaban J connectivity index is 2.76. The topological polar surface area (TPSA) is 42.0 Å². The van der Waals surface area contributed by atoms with Crippen LogP contribution >= 0.6 is 23.2 Å². The van der Waals surface area contributed by atoms with Gasteiger partial charge in [0.15, 0.2) is 11.0 Å². The number of carbonyl (C=O) groups is 1. The van der Waals surface area contributed by atoms with Crippen molar-refractivity contribution in [2.45, 2.75) is 6.54 Å². The van der Waals surface area contributed by atoms with E-state index in [1.54, 1.807) is 0 Å². The summed E-state index contributed by atoms with van der Waals surface area (Å²) >= 11 is 11.1. The van der Waals surface area contributed by atoms with Crippen molar-refractivity contribution < 1.29 is 9.18 Å². The van der Waals surface area contributed by atoms with Gasteiger partial charge in [-0.25, -0.2) is 9.37 Å². The lowest BCUT2D eigenvalue weighted by Gasteiger charge is -2.01. The first-order chi connectivity index (χ1) is 6.11. The molecule has 0 spiro atoms. The number of aromatic nitrogens is 1. The van der Waals surface area contributed by atoms with Crippen molar-refractivity contribution in [3.63, 3.8) is 0 Å². The second-order valence-corrected chi connectivity index (χ2v) is 3.26. The maximum absolute atomic E-state index is 13.2. The van der Waals surface area contributed by atoms with Crippen molar-refractivity contribution in [2.75, 3.05) is 0 Å². The fraction of sp³-hybridized carbons (Fsp3) is 0.143. The van der Waals surface area contributed by atoms with E-state index < -0.39 is 11.7 Å². The smallest absolute Gasteiger partial charge is 0.255 e. The van der Waals surface area contributed by atoms with Gasteiger partial charge in [-0.2, -0.15) is 0 Å². The van der Waals surface area contributed by atoms with Crippen LogP contribution < -0.4 is 5.32 Å². The third kappa shape index (κ3) is 1.17. The number of fused-ring (bicyclic) bond motifs is 1. The third-order valence-electron chi connectivity index (χ3n) is 1.80. The highest BCUT2D eigenvalue weighted by molar-refractivity contribution is 6.35. The maximum Gasteiger partial charge on any atom is 0.255 e. The van der Waals surface area contributed by atoms with Crippen LogP contribution in [0.15, 0.2) is 0 Å². The van der Waals surface area contributed by atoms with Gasteiger partial charge in [0.2, 0.25) is 0 Å². The van der Waals surface area contributed by atoms with Crippen molar-refractivity contribution in [1.82, 2.24) is 10.3 Å². The molecule has 0 radical (unpaired) electrons. The summed E-state index contributed by atoms with van der Waals surface area (Å²) in [5.74, 6) is -1.09. The summed E-state index contributed by atoms with van der Waals surface area (Å²) < 4.78 is 13.2. The molecular formula is C7H3Cl2FN2O. The normalized spacial score (nSPS) is 14.2. The predicted octanol–water partition coefficient (Wildman–Crippen LogP) is 1.77. The van der Waals surface area contributed by atoms with E-state index in [2.05, 4.69) is 10.3 Å². The van der Waals surface area contributed by atoms with Gasteiger partial charge in [-0.1, -0.05) is 23.2 Å². The summed E-state index contributed by atoms with van der Waals surface area (Å²) in [4.78, 5) is 14.6. The summed E-state index contributed by atoms with van der Waals surface area (Å²) in [6.45, 7) is 0.113. The van der Waals surface area contributed by atoms with E-state index in [1.807, 2.05) is 0 Å². The molecule has 0 fully saturated rings. The standard InChI is InChI=1S/C7H3Cl2FN2O/c8-5-3-2(1-11-7(3)13)4(10)6(9)12-5/h1H2,(H,11,13). The predicted molar refractivity (Wildman–Crippen MR) is 45.4 cm³/mol. The molecule has 0 aromatic carbocycles. The van der Waals surface area contributed by atoms with E-state index in [4.69, 9.17) is 23.2 Å². The lowest BCUT2D eigenvalue weighted by molar-refractivity contribution is 0.0965. The highest BCUT2D eigenvalue weighted by Gasteiger charge is 2.28. The minimum absolute atomic E-state index is 0.0589. The molecule has 0 saturated carbocycles. The van der Waals surface area contributed by atoms with Crippen molar-refractivity contribution in [2.24, 2.45) is 0 Å². The van der Waals surface area contributed by atoms with E-state index in [0.717, 1.165) is 0 Å². The first-order valence-electron chi connectivity index (χ1n) is 3.43. The number of carbonyl (C=O) groups excluding carboxylic acids is 1. The van der Waals surface area contributed by atoms with Gasteiger partial charge < -0.3 is 5.32 Å². The SMILES string of the molecule is O=C1NCc2c(F)c(Cl)nc(Cl)c21. The first-order valence-corrected chi connectivity index (χ1v) is 4.18. The van der Waals surface area contributed by atoms with Gasteiger partial charge in [0.1, 0.15) is 5.15 Å². The molecule has 1 aromatic heterocycles. The Labute approximate surface area is 82.9 Å². The van der Waals surface area contributed by atoms with Crippen LogP contribution in [-0.4, -0.2) is 10.9 Å². The van der Waals surface area contributed by atoms with Gasteiger partial charge >= 0.3 is 0 Å². The molecule has 0 atom stereocenters. The van der Waals surface area contributed by atoms with E-state index >= 15 is 0 Å². The third-order valence-corrected chi connectivity index (χ3v) is 2.33. The largest absolute Gasteiger partial charge is 0.348 e. The first kappa shape index (κ1) is 8.72. The zero-order valence-corrected chi connectivity index (χ0v) is 7.71. The van der Waals surface area contributed by atoms with Gasteiger partial charge in [0, 0.05) is 12.1 Å². The van der Waals surface area contributed by atoms with Gasteiger partial charge in [-0.05, 0) is 0 Å². The number of hydrogen-bond donors (Lipinski definition) is 1. The fourth-order valence-electron chi connectivity index (χ4n) is 1.20. The Kier molecular flexibility index (Phi) is 1.89.